The SMILES string of the molecule is COC1(OC)[C@@]2(Br)C(Br)=C(Br)[C@]1(Br)[C@@H]1C(=O)C=CC(=O)[C@@H]12. The number of rotatable bonds is 2. The highest BCUT2D eigenvalue weighted by atomic mass is 79.9. The number of halogens is 4. The number of allylic oxidation sites excluding steroid dienone is 2. The fourth-order valence-electron chi connectivity index (χ4n) is 3.78. The van der Waals surface area contributed by atoms with Crippen LogP contribution < -0.4 is 0 Å². The van der Waals surface area contributed by atoms with Crippen LogP contribution in [0.5, 0.6) is 0 Å². The Hall–Kier alpha value is 0.660. The van der Waals surface area contributed by atoms with Crippen molar-refractivity contribution in [2.45, 2.75) is 14.4 Å². The van der Waals surface area contributed by atoms with E-state index in [9.17, 15) is 9.59 Å². The normalized spacial score (nSPS) is 43.7. The van der Waals surface area contributed by atoms with Crippen molar-refractivity contribution in [2.24, 2.45) is 11.8 Å². The van der Waals surface area contributed by atoms with Gasteiger partial charge in [0.2, 0.25) is 5.79 Å². The number of ether oxygens (including phenoxy) is 2. The Morgan fingerprint density at radius 1 is 0.905 bits per heavy atom. The van der Waals surface area contributed by atoms with Gasteiger partial charge >= 0.3 is 0 Å². The number of carbonyl (C=O) groups excluding carboxylic acids is 2. The maximum atomic E-state index is 12.5. The van der Waals surface area contributed by atoms with Crippen LogP contribution in [0.4, 0.5) is 0 Å². The van der Waals surface area contributed by atoms with Crippen molar-refractivity contribution in [1.82, 2.24) is 0 Å². The molecule has 21 heavy (non-hydrogen) atoms. The maximum absolute atomic E-state index is 12.5. The lowest BCUT2D eigenvalue weighted by molar-refractivity contribution is -0.214. The van der Waals surface area contributed by atoms with Crippen LogP contribution in [0.3, 0.4) is 0 Å². The van der Waals surface area contributed by atoms with E-state index in [0.717, 1.165) is 0 Å². The maximum Gasteiger partial charge on any atom is 0.209 e. The Balaban J connectivity index is 2.39. The quantitative estimate of drug-likeness (QED) is 0.392. The Morgan fingerprint density at radius 2 is 1.24 bits per heavy atom. The summed E-state index contributed by atoms with van der Waals surface area (Å²) in [5.41, 5.74) is 0. The highest BCUT2D eigenvalue weighted by Crippen LogP contribution is 2.76. The monoisotopic (exact) mass is 546 g/mol. The first-order valence-corrected chi connectivity index (χ1v) is 9.21. The van der Waals surface area contributed by atoms with Gasteiger partial charge in [-0.1, -0.05) is 63.7 Å². The first-order valence-electron chi connectivity index (χ1n) is 6.04. The fraction of sp³-hybridized carbons (Fsp3) is 0.538. The average Bonchev–Trinajstić information content (AvgIpc) is 2.72. The third-order valence-electron chi connectivity index (χ3n) is 4.58. The number of hydrogen-bond acceptors (Lipinski definition) is 4. The molecule has 0 aromatic rings. The van der Waals surface area contributed by atoms with E-state index in [4.69, 9.17) is 9.47 Å². The van der Waals surface area contributed by atoms with Gasteiger partial charge in [0.15, 0.2) is 11.6 Å². The zero-order chi connectivity index (χ0) is 15.8. The first kappa shape index (κ1) is 16.5. The van der Waals surface area contributed by atoms with Crippen LogP contribution in [0, 0.1) is 11.8 Å². The number of fused-ring (bicyclic) bond motifs is 5. The minimum Gasteiger partial charge on any atom is -0.350 e. The molecule has 4 nitrogen and oxygen atoms in total. The van der Waals surface area contributed by atoms with Crippen molar-refractivity contribution in [3.8, 4) is 0 Å². The lowest BCUT2D eigenvalue weighted by atomic mass is 9.74. The molecule has 0 spiro atoms. The molecule has 3 rings (SSSR count). The summed E-state index contributed by atoms with van der Waals surface area (Å²) in [6, 6.07) is 0. The molecule has 4 atom stereocenters. The second-order valence-corrected chi connectivity index (χ2v) is 9.26. The molecule has 3 aliphatic carbocycles. The predicted octanol–water partition coefficient (Wildman–Crippen LogP) is 3.21. The van der Waals surface area contributed by atoms with Gasteiger partial charge in [-0.2, -0.15) is 0 Å². The third kappa shape index (κ3) is 1.48. The summed E-state index contributed by atoms with van der Waals surface area (Å²) in [5, 5.41) is 0. The van der Waals surface area contributed by atoms with Crippen molar-refractivity contribution in [2.75, 3.05) is 14.2 Å². The predicted molar refractivity (Wildman–Crippen MR) is 91.1 cm³/mol. The number of hydrogen-bond donors (Lipinski definition) is 0. The zero-order valence-electron chi connectivity index (χ0n) is 11.0. The Labute approximate surface area is 155 Å². The molecular weight excluding hydrogens is 540 g/mol. The molecule has 0 amide bonds. The minimum absolute atomic E-state index is 0.131. The number of alkyl halides is 2. The molecule has 3 aliphatic rings. The molecule has 0 unspecified atom stereocenters. The molecule has 2 bridgehead atoms. The second kappa shape index (κ2) is 4.83. The fourth-order valence-corrected chi connectivity index (χ4v) is 8.87. The van der Waals surface area contributed by atoms with Crippen LogP contribution >= 0.6 is 63.7 Å². The zero-order valence-corrected chi connectivity index (χ0v) is 17.3. The smallest absolute Gasteiger partial charge is 0.209 e. The average molecular weight is 550 g/mol. The van der Waals surface area contributed by atoms with Crippen LogP contribution in [0.25, 0.3) is 0 Å². The molecule has 1 saturated carbocycles. The highest BCUT2D eigenvalue weighted by Gasteiger charge is 2.85. The van der Waals surface area contributed by atoms with Gasteiger partial charge in [-0.05, 0) is 12.2 Å². The van der Waals surface area contributed by atoms with Gasteiger partial charge in [0, 0.05) is 23.2 Å². The van der Waals surface area contributed by atoms with Gasteiger partial charge in [-0.15, -0.1) is 0 Å². The third-order valence-corrected chi connectivity index (χ3v) is 11.0. The van der Waals surface area contributed by atoms with Gasteiger partial charge in [0.25, 0.3) is 0 Å². The summed E-state index contributed by atoms with van der Waals surface area (Å²) in [7, 11) is 3.00. The molecule has 0 aliphatic heterocycles. The minimum atomic E-state index is -1.25. The number of ketones is 2. The van der Waals surface area contributed by atoms with E-state index in [1.165, 1.54) is 26.4 Å². The summed E-state index contributed by atoms with van der Waals surface area (Å²) < 4.78 is 10.9. The molecule has 0 N–H and O–H groups in total. The molecule has 1 fully saturated rings. The van der Waals surface area contributed by atoms with Crippen LogP contribution in [0.15, 0.2) is 21.1 Å². The van der Waals surface area contributed by atoms with Gasteiger partial charge in [0.05, 0.1) is 11.8 Å². The van der Waals surface area contributed by atoms with Gasteiger partial charge in [-0.3, -0.25) is 9.59 Å². The summed E-state index contributed by atoms with van der Waals surface area (Å²) in [6.45, 7) is 0. The molecule has 0 heterocycles. The molecule has 0 aromatic heterocycles. The van der Waals surface area contributed by atoms with Crippen LogP contribution in [-0.4, -0.2) is 40.2 Å². The van der Waals surface area contributed by atoms with Crippen molar-refractivity contribution >= 4 is 75.3 Å². The molecule has 8 heteroatoms. The Bertz CT molecular complexity index is 576. The van der Waals surface area contributed by atoms with Crippen LogP contribution in [0.2, 0.25) is 0 Å². The van der Waals surface area contributed by atoms with E-state index in [1.807, 2.05) is 0 Å². The second-order valence-electron chi connectivity index (χ2n) is 5.17. The first-order chi connectivity index (χ1) is 9.74. The van der Waals surface area contributed by atoms with E-state index in [-0.39, 0.29) is 11.6 Å². The summed E-state index contributed by atoms with van der Waals surface area (Å²) in [5.74, 6) is -2.75. The van der Waals surface area contributed by atoms with Crippen molar-refractivity contribution in [3.63, 3.8) is 0 Å². The summed E-state index contributed by atoms with van der Waals surface area (Å²) in [4.78, 5) is 24.9. The van der Waals surface area contributed by atoms with E-state index in [1.54, 1.807) is 0 Å². The topological polar surface area (TPSA) is 52.6 Å². The number of methoxy groups -OCH3 is 2. The van der Waals surface area contributed by atoms with Crippen molar-refractivity contribution in [3.05, 3.63) is 21.1 Å². The standard InChI is InChI=1S/C13H10Br4O4/c1-20-13(21-2)11(16)7-5(18)3-4-6(19)8(7)12(13,17)10(15)9(11)14/h3-4,7-8H,1-2H3/t7-,8+,11-,12+. The molecular formula is C13H10Br4O4. The highest BCUT2D eigenvalue weighted by molar-refractivity contribution is 9.16. The van der Waals surface area contributed by atoms with Gasteiger partial charge < -0.3 is 9.47 Å². The van der Waals surface area contributed by atoms with Crippen molar-refractivity contribution in [1.29, 1.82) is 0 Å². The van der Waals surface area contributed by atoms with E-state index >= 15 is 0 Å². The summed E-state index contributed by atoms with van der Waals surface area (Å²) in [6.07, 6.45) is 2.65. The van der Waals surface area contributed by atoms with Gasteiger partial charge in [-0.25, -0.2) is 0 Å². The van der Waals surface area contributed by atoms with E-state index in [2.05, 4.69) is 63.7 Å². The van der Waals surface area contributed by atoms with E-state index in [0.29, 0.717) is 8.96 Å². The number of carbonyl (C=O) groups is 2. The Kier molecular flexibility index (Phi) is 3.80. The molecule has 0 saturated heterocycles. The molecule has 0 aromatic carbocycles. The molecule has 114 valence electrons. The Morgan fingerprint density at radius 3 is 1.52 bits per heavy atom. The largest absolute Gasteiger partial charge is 0.350 e. The van der Waals surface area contributed by atoms with Crippen molar-refractivity contribution < 1.29 is 19.1 Å². The van der Waals surface area contributed by atoms with Crippen LogP contribution in [0.1, 0.15) is 0 Å². The van der Waals surface area contributed by atoms with Crippen LogP contribution in [-0.2, 0) is 19.1 Å². The lowest BCUT2D eigenvalue weighted by Crippen LogP contribution is -2.57. The van der Waals surface area contributed by atoms with E-state index < -0.39 is 26.3 Å². The molecule has 0 radical (unpaired) electrons. The summed E-state index contributed by atoms with van der Waals surface area (Å²) >= 11 is 14.4. The van der Waals surface area contributed by atoms with Gasteiger partial charge in [0.1, 0.15) is 8.65 Å². The lowest BCUT2D eigenvalue weighted by Gasteiger charge is -2.41.